The summed E-state index contributed by atoms with van der Waals surface area (Å²) >= 11 is 0. The highest BCUT2D eigenvalue weighted by atomic mass is 16.4. The molecule has 1 fully saturated rings. The largest absolute Gasteiger partial charge is 0.481 e. The highest BCUT2D eigenvalue weighted by Crippen LogP contribution is 2.18. The van der Waals surface area contributed by atoms with Crippen molar-refractivity contribution in [2.24, 2.45) is 11.8 Å². The summed E-state index contributed by atoms with van der Waals surface area (Å²) in [6.07, 6.45) is 5.66. The van der Waals surface area contributed by atoms with Crippen molar-refractivity contribution in [1.29, 1.82) is 0 Å². The number of rotatable bonds is 5. The maximum absolute atomic E-state index is 10.8. The number of nitrogens with zero attached hydrogens (tertiary/aromatic N) is 1. The van der Waals surface area contributed by atoms with Gasteiger partial charge in [-0.3, -0.25) is 9.59 Å². The van der Waals surface area contributed by atoms with Gasteiger partial charge >= 0.3 is 5.97 Å². The van der Waals surface area contributed by atoms with E-state index in [1.54, 1.807) is 0 Å². The lowest BCUT2D eigenvalue weighted by Crippen LogP contribution is -2.38. The number of carbonyl (C=O) groups is 2. The summed E-state index contributed by atoms with van der Waals surface area (Å²) in [6.45, 7) is 4.65. The van der Waals surface area contributed by atoms with Gasteiger partial charge in [-0.15, -0.1) is 0 Å². The Balaban J connectivity index is 2.29. The molecule has 0 aliphatic carbocycles. The van der Waals surface area contributed by atoms with Gasteiger partial charge in [0.05, 0.1) is 5.92 Å². The lowest BCUT2D eigenvalue weighted by molar-refractivity contribution is -0.143. The lowest BCUT2D eigenvalue weighted by atomic mass is 9.96. The Kier molecular flexibility index (Phi) is 5.19. The molecule has 4 heteroatoms. The molecule has 1 heterocycles. The van der Waals surface area contributed by atoms with E-state index in [1.165, 1.54) is 6.08 Å². The van der Waals surface area contributed by atoms with Crippen molar-refractivity contribution in [1.82, 2.24) is 4.90 Å². The SMILES string of the molecule is CC(C=CC=O)CN1CCC(C(=O)O)CC1. The van der Waals surface area contributed by atoms with Gasteiger partial charge in [0.15, 0.2) is 0 Å². The van der Waals surface area contributed by atoms with E-state index in [9.17, 15) is 9.59 Å². The molecule has 1 aliphatic rings. The Hall–Kier alpha value is -1.16. The van der Waals surface area contributed by atoms with E-state index in [4.69, 9.17) is 5.11 Å². The molecular formula is C12H19NO3. The lowest BCUT2D eigenvalue weighted by Gasteiger charge is -2.31. The van der Waals surface area contributed by atoms with Gasteiger partial charge in [-0.1, -0.05) is 13.0 Å². The van der Waals surface area contributed by atoms with Gasteiger partial charge in [-0.05, 0) is 37.9 Å². The third-order valence-electron chi connectivity index (χ3n) is 3.00. The first-order valence-electron chi connectivity index (χ1n) is 5.70. The summed E-state index contributed by atoms with van der Waals surface area (Å²) in [5.74, 6) is -0.503. The fourth-order valence-corrected chi connectivity index (χ4v) is 2.07. The van der Waals surface area contributed by atoms with Crippen LogP contribution in [0.15, 0.2) is 12.2 Å². The highest BCUT2D eigenvalue weighted by molar-refractivity contribution is 5.70. The van der Waals surface area contributed by atoms with Crippen LogP contribution >= 0.6 is 0 Å². The van der Waals surface area contributed by atoms with Crippen LogP contribution in [0.5, 0.6) is 0 Å². The average molecular weight is 225 g/mol. The van der Waals surface area contributed by atoms with Crippen LogP contribution in [0, 0.1) is 11.8 Å². The summed E-state index contributed by atoms with van der Waals surface area (Å²) in [4.78, 5) is 23.2. The van der Waals surface area contributed by atoms with Gasteiger partial charge < -0.3 is 10.0 Å². The number of piperidine rings is 1. The van der Waals surface area contributed by atoms with Crippen LogP contribution in [0.3, 0.4) is 0 Å². The zero-order valence-corrected chi connectivity index (χ0v) is 9.63. The van der Waals surface area contributed by atoms with E-state index in [0.717, 1.165) is 38.8 Å². The molecule has 1 rings (SSSR count). The Morgan fingerprint density at radius 2 is 2.12 bits per heavy atom. The molecule has 1 aliphatic heterocycles. The minimum Gasteiger partial charge on any atom is -0.481 e. The molecule has 16 heavy (non-hydrogen) atoms. The van der Waals surface area contributed by atoms with Crippen LogP contribution in [0.25, 0.3) is 0 Å². The van der Waals surface area contributed by atoms with E-state index in [2.05, 4.69) is 11.8 Å². The summed E-state index contributed by atoms with van der Waals surface area (Å²) in [6, 6.07) is 0. The van der Waals surface area contributed by atoms with E-state index in [-0.39, 0.29) is 5.92 Å². The van der Waals surface area contributed by atoms with E-state index >= 15 is 0 Å². The summed E-state index contributed by atoms with van der Waals surface area (Å²) in [5, 5.41) is 8.85. The van der Waals surface area contributed by atoms with Crippen LogP contribution in [0.4, 0.5) is 0 Å². The molecule has 0 aromatic carbocycles. The second kappa shape index (κ2) is 6.43. The zero-order chi connectivity index (χ0) is 12.0. The molecule has 0 spiro atoms. The molecule has 0 radical (unpaired) electrons. The maximum atomic E-state index is 10.8. The highest BCUT2D eigenvalue weighted by Gasteiger charge is 2.24. The normalized spacial score (nSPS) is 21.1. The number of carbonyl (C=O) groups excluding carboxylic acids is 1. The Morgan fingerprint density at radius 1 is 1.50 bits per heavy atom. The van der Waals surface area contributed by atoms with Crippen LogP contribution in [-0.4, -0.2) is 41.9 Å². The molecule has 0 amide bonds. The van der Waals surface area contributed by atoms with Crippen molar-refractivity contribution >= 4 is 12.3 Å². The molecular weight excluding hydrogens is 206 g/mol. The van der Waals surface area contributed by atoms with E-state index in [0.29, 0.717) is 5.92 Å². The number of aliphatic carboxylic acids is 1. The van der Waals surface area contributed by atoms with Crippen molar-refractivity contribution in [3.05, 3.63) is 12.2 Å². The second-order valence-electron chi connectivity index (χ2n) is 4.41. The first-order chi connectivity index (χ1) is 7.63. The predicted octanol–water partition coefficient (Wildman–Crippen LogP) is 1.17. The molecule has 4 nitrogen and oxygen atoms in total. The minimum atomic E-state index is -0.673. The number of carboxylic acid groups (broad SMARTS) is 1. The summed E-state index contributed by atoms with van der Waals surface area (Å²) < 4.78 is 0. The van der Waals surface area contributed by atoms with Crippen molar-refractivity contribution in [2.75, 3.05) is 19.6 Å². The van der Waals surface area contributed by atoms with Crippen LogP contribution in [0.2, 0.25) is 0 Å². The first kappa shape index (κ1) is 12.9. The van der Waals surface area contributed by atoms with Gasteiger partial charge in [0.2, 0.25) is 0 Å². The first-order valence-corrected chi connectivity index (χ1v) is 5.70. The van der Waals surface area contributed by atoms with Gasteiger partial charge in [0.25, 0.3) is 0 Å². The van der Waals surface area contributed by atoms with E-state index < -0.39 is 5.97 Å². The predicted molar refractivity (Wildman–Crippen MR) is 61.2 cm³/mol. The Morgan fingerprint density at radius 3 is 2.62 bits per heavy atom. The number of allylic oxidation sites excluding steroid dienone is 1. The molecule has 0 aromatic heterocycles. The zero-order valence-electron chi connectivity index (χ0n) is 9.63. The number of carboxylic acids is 1. The van der Waals surface area contributed by atoms with Gasteiger partial charge in [-0.25, -0.2) is 0 Å². The number of aldehydes is 1. The number of likely N-dealkylation sites (tertiary alicyclic amines) is 1. The van der Waals surface area contributed by atoms with Crippen molar-refractivity contribution in [3.8, 4) is 0 Å². The number of hydrogen-bond donors (Lipinski definition) is 1. The summed E-state index contributed by atoms with van der Waals surface area (Å²) in [7, 11) is 0. The topological polar surface area (TPSA) is 57.6 Å². The second-order valence-corrected chi connectivity index (χ2v) is 4.41. The van der Waals surface area contributed by atoms with E-state index in [1.807, 2.05) is 6.08 Å². The molecule has 1 N–H and O–H groups in total. The molecule has 1 atom stereocenters. The molecule has 90 valence electrons. The third-order valence-corrected chi connectivity index (χ3v) is 3.00. The fourth-order valence-electron chi connectivity index (χ4n) is 2.07. The molecule has 0 bridgehead atoms. The van der Waals surface area contributed by atoms with Gasteiger partial charge in [0.1, 0.15) is 6.29 Å². The molecule has 1 saturated heterocycles. The molecule has 1 unspecified atom stereocenters. The quantitative estimate of drug-likeness (QED) is 0.563. The summed E-state index contributed by atoms with van der Waals surface area (Å²) in [5.41, 5.74) is 0. The Labute approximate surface area is 95.9 Å². The van der Waals surface area contributed by atoms with Crippen LogP contribution in [0.1, 0.15) is 19.8 Å². The monoisotopic (exact) mass is 225 g/mol. The average Bonchev–Trinajstić information content (AvgIpc) is 2.27. The number of hydrogen-bond acceptors (Lipinski definition) is 3. The van der Waals surface area contributed by atoms with Crippen molar-refractivity contribution in [2.45, 2.75) is 19.8 Å². The minimum absolute atomic E-state index is 0.169. The molecule has 0 aromatic rings. The maximum Gasteiger partial charge on any atom is 0.306 e. The fraction of sp³-hybridized carbons (Fsp3) is 0.667. The third kappa shape index (κ3) is 4.14. The van der Waals surface area contributed by atoms with Crippen molar-refractivity contribution in [3.63, 3.8) is 0 Å². The van der Waals surface area contributed by atoms with Crippen molar-refractivity contribution < 1.29 is 14.7 Å². The van der Waals surface area contributed by atoms with Gasteiger partial charge in [0, 0.05) is 6.54 Å². The van der Waals surface area contributed by atoms with Crippen LogP contribution < -0.4 is 0 Å². The van der Waals surface area contributed by atoms with Crippen LogP contribution in [-0.2, 0) is 9.59 Å². The smallest absolute Gasteiger partial charge is 0.306 e. The van der Waals surface area contributed by atoms with Gasteiger partial charge in [-0.2, -0.15) is 0 Å². The standard InChI is InChI=1S/C12H19NO3/c1-10(3-2-8-14)9-13-6-4-11(5-7-13)12(15)16/h2-3,8,10-11H,4-7,9H2,1H3,(H,15,16). The Bertz CT molecular complexity index is 267. The molecule has 0 saturated carbocycles.